The third-order valence-corrected chi connectivity index (χ3v) is 9.27. The molecule has 6 rings (SSSR count). The third-order valence-electron chi connectivity index (χ3n) is 7.35. The largest absolute Gasteiger partial charge is 0.493 e. The molecule has 0 radical (unpaired) electrons. The van der Waals surface area contributed by atoms with E-state index >= 15 is 0 Å². The lowest BCUT2D eigenvalue weighted by Gasteiger charge is -2.34. The molecular weight excluding hydrogens is 480 g/mol. The van der Waals surface area contributed by atoms with E-state index < -0.39 is 10.0 Å². The monoisotopic (exact) mass is 512 g/mol. The lowest BCUT2D eigenvalue weighted by molar-refractivity contribution is 0.318. The van der Waals surface area contributed by atoms with Crippen LogP contribution >= 0.6 is 0 Å². The number of H-pyrrole nitrogens is 1. The second-order valence-electron chi connectivity index (χ2n) is 9.75. The van der Waals surface area contributed by atoms with Crippen molar-refractivity contribution < 1.29 is 13.2 Å². The standard InChI is InChI=1S/C24H32N8O3S/c1-4-8-30-15(3)31-14-26-29-24(31)21-23(30)28-22(27-21)19-11-18(6-7-20(19)35-9-5-2)36(33,34)32-13-16-10-17(32)12-25-16/h6-7,11,14-17,25H,4-5,8-10,12-13H2,1-3H3,(H,27,28). The van der Waals surface area contributed by atoms with Crippen molar-refractivity contribution >= 4 is 15.8 Å². The number of piperazine rings is 1. The molecule has 3 aliphatic heterocycles. The number of sulfonamides is 1. The summed E-state index contributed by atoms with van der Waals surface area (Å²) in [5.74, 6) is 2.65. The molecule has 0 saturated carbocycles. The third kappa shape index (κ3) is 3.61. The summed E-state index contributed by atoms with van der Waals surface area (Å²) in [4.78, 5) is 10.9. The first kappa shape index (κ1) is 23.4. The lowest BCUT2D eigenvalue weighted by atomic mass is 10.2. The van der Waals surface area contributed by atoms with Gasteiger partial charge in [0.25, 0.3) is 0 Å². The van der Waals surface area contributed by atoms with Crippen LogP contribution in [0.5, 0.6) is 5.75 Å². The van der Waals surface area contributed by atoms with E-state index in [1.165, 1.54) is 0 Å². The summed E-state index contributed by atoms with van der Waals surface area (Å²) >= 11 is 0. The molecule has 3 atom stereocenters. The van der Waals surface area contributed by atoms with Gasteiger partial charge in [0.05, 0.1) is 17.1 Å². The van der Waals surface area contributed by atoms with Gasteiger partial charge in [0.15, 0.2) is 11.6 Å². The highest BCUT2D eigenvalue weighted by molar-refractivity contribution is 7.89. The molecule has 12 heteroatoms. The van der Waals surface area contributed by atoms with Gasteiger partial charge < -0.3 is 19.9 Å². The summed E-state index contributed by atoms with van der Waals surface area (Å²) in [5, 5.41) is 11.8. The number of hydrogen-bond donors (Lipinski definition) is 2. The molecule has 5 heterocycles. The van der Waals surface area contributed by atoms with Crippen LogP contribution in [0.25, 0.3) is 22.9 Å². The highest BCUT2D eigenvalue weighted by Gasteiger charge is 2.44. The van der Waals surface area contributed by atoms with E-state index in [4.69, 9.17) is 9.72 Å². The van der Waals surface area contributed by atoms with Gasteiger partial charge in [-0.05, 0) is 44.4 Å². The van der Waals surface area contributed by atoms with Crippen LogP contribution in [0.15, 0.2) is 29.4 Å². The topological polar surface area (TPSA) is 121 Å². The summed E-state index contributed by atoms with van der Waals surface area (Å²) in [7, 11) is -3.65. The second-order valence-corrected chi connectivity index (χ2v) is 11.6. The number of nitrogens with zero attached hydrogens (tertiary/aromatic N) is 6. The summed E-state index contributed by atoms with van der Waals surface area (Å²) in [5.41, 5.74) is 1.39. The molecule has 0 amide bonds. The number of aromatic nitrogens is 5. The summed E-state index contributed by atoms with van der Waals surface area (Å²) in [6, 6.07) is 5.33. The Morgan fingerprint density at radius 2 is 2.08 bits per heavy atom. The van der Waals surface area contributed by atoms with Crippen LogP contribution in [0.1, 0.15) is 46.2 Å². The Morgan fingerprint density at radius 3 is 2.81 bits per heavy atom. The second kappa shape index (κ2) is 8.86. The van der Waals surface area contributed by atoms with Crippen LogP contribution in [-0.4, -0.2) is 75.8 Å². The Kier molecular flexibility index (Phi) is 5.77. The number of anilines is 1. The number of imidazole rings is 1. The molecule has 0 aliphatic carbocycles. The van der Waals surface area contributed by atoms with Gasteiger partial charge in [0, 0.05) is 31.7 Å². The van der Waals surface area contributed by atoms with Gasteiger partial charge in [-0.3, -0.25) is 4.57 Å². The average molecular weight is 513 g/mol. The molecule has 2 N–H and O–H groups in total. The van der Waals surface area contributed by atoms with E-state index in [1.807, 2.05) is 11.5 Å². The van der Waals surface area contributed by atoms with Crippen molar-refractivity contribution in [2.75, 3.05) is 31.1 Å². The smallest absolute Gasteiger partial charge is 0.243 e. The molecule has 2 aromatic heterocycles. The Balaban J connectivity index is 1.45. The fraction of sp³-hybridized carbons (Fsp3) is 0.542. The molecule has 2 fully saturated rings. The van der Waals surface area contributed by atoms with E-state index in [0.717, 1.165) is 37.3 Å². The zero-order valence-electron chi connectivity index (χ0n) is 20.8. The maximum absolute atomic E-state index is 13.6. The van der Waals surface area contributed by atoms with Gasteiger partial charge >= 0.3 is 0 Å². The lowest BCUT2D eigenvalue weighted by Crippen LogP contribution is -2.46. The van der Waals surface area contributed by atoms with E-state index in [-0.39, 0.29) is 23.1 Å². The van der Waals surface area contributed by atoms with Gasteiger partial charge in [-0.2, -0.15) is 4.31 Å². The summed E-state index contributed by atoms with van der Waals surface area (Å²) in [6.45, 7) is 8.81. The van der Waals surface area contributed by atoms with Crippen LogP contribution in [0.2, 0.25) is 0 Å². The van der Waals surface area contributed by atoms with Crippen molar-refractivity contribution in [2.24, 2.45) is 0 Å². The average Bonchev–Trinajstić information content (AvgIpc) is 3.68. The molecule has 11 nitrogen and oxygen atoms in total. The van der Waals surface area contributed by atoms with Crippen molar-refractivity contribution in [1.82, 2.24) is 34.4 Å². The fourth-order valence-electron chi connectivity index (χ4n) is 5.56. The SMILES string of the molecule is CCCOc1ccc(S(=O)(=O)N2CC3CC2CN3)cc1-c1nc2c([nH]1)-c1nncn1C(C)N2CCC. The molecule has 192 valence electrons. The zero-order valence-corrected chi connectivity index (χ0v) is 21.6. The number of rotatable bonds is 8. The quantitative estimate of drug-likeness (QED) is 0.472. The van der Waals surface area contributed by atoms with Crippen molar-refractivity contribution in [3.05, 3.63) is 24.5 Å². The molecule has 3 unspecified atom stereocenters. The van der Waals surface area contributed by atoms with E-state index in [9.17, 15) is 8.42 Å². The van der Waals surface area contributed by atoms with Crippen LogP contribution in [-0.2, 0) is 10.0 Å². The first-order chi connectivity index (χ1) is 17.4. The summed E-state index contributed by atoms with van der Waals surface area (Å²) in [6.07, 6.45) is 4.40. The van der Waals surface area contributed by atoms with Crippen molar-refractivity contribution in [2.45, 2.75) is 63.2 Å². The summed E-state index contributed by atoms with van der Waals surface area (Å²) < 4.78 is 37.0. The van der Waals surface area contributed by atoms with E-state index in [0.29, 0.717) is 42.7 Å². The number of aromatic amines is 1. The van der Waals surface area contributed by atoms with Gasteiger partial charge in [-0.25, -0.2) is 13.4 Å². The van der Waals surface area contributed by atoms with E-state index in [1.54, 1.807) is 28.8 Å². The highest BCUT2D eigenvalue weighted by atomic mass is 32.2. The zero-order chi connectivity index (χ0) is 25.0. The van der Waals surface area contributed by atoms with Gasteiger partial charge in [0.1, 0.15) is 29.8 Å². The van der Waals surface area contributed by atoms with Crippen molar-refractivity contribution in [3.8, 4) is 28.7 Å². The van der Waals surface area contributed by atoms with Gasteiger partial charge in [-0.15, -0.1) is 10.2 Å². The normalized spacial score (nSPS) is 23.2. The Labute approximate surface area is 210 Å². The van der Waals surface area contributed by atoms with Crippen molar-refractivity contribution in [1.29, 1.82) is 0 Å². The molecule has 0 spiro atoms. The molecule has 3 aliphatic rings. The minimum Gasteiger partial charge on any atom is -0.493 e. The Hall–Kier alpha value is -2.96. The molecule has 2 saturated heterocycles. The van der Waals surface area contributed by atoms with Crippen LogP contribution in [0.4, 0.5) is 5.82 Å². The molecule has 1 aromatic carbocycles. The first-order valence-corrected chi connectivity index (χ1v) is 14.1. The maximum atomic E-state index is 13.6. The Bertz CT molecular complexity index is 1380. The molecule has 3 aromatic rings. The van der Waals surface area contributed by atoms with Gasteiger partial charge in [-0.1, -0.05) is 13.8 Å². The minimum atomic E-state index is -3.65. The van der Waals surface area contributed by atoms with Crippen molar-refractivity contribution in [3.63, 3.8) is 0 Å². The fourth-order valence-corrected chi connectivity index (χ4v) is 7.26. The number of fused-ring (bicyclic) bond motifs is 5. The minimum absolute atomic E-state index is 0.00541. The molecule has 36 heavy (non-hydrogen) atoms. The predicted molar refractivity (Wildman–Crippen MR) is 135 cm³/mol. The van der Waals surface area contributed by atoms with Crippen LogP contribution in [0.3, 0.4) is 0 Å². The molecule has 2 bridgehead atoms. The van der Waals surface area contributed by atoms with Crippen LogP contribution < -0.4 is 15.0 Å². The van der Waals surface area contributed by atoms with Crippen LogP contribution in [0, 0.1) is 0 Å². The number of nitrogens with one attached hydrogen (secondary N) is 2. The predicted octanol–water partition coefficient (Wildman–Crippen LogP) is 2.61. The highest BCUT2D eigenvalue weighted by Crippen LogP contribution is 2.42. The number of hydrogen-bond acceptors (Lipinski definition) is 8. The maximum Gasteiger partial charge on any atom is 0.243 e. The number of ether oxygens (including phenoxy) is 1. The van der Waals surface area contributed by atoms with Gasteiger partial charge in [0.2, 0.25) is 10.0 Å². The van der Waals surface area contributed by atoms with E-state index in [2.05, 4.69) is 39.2 Å². The first-order valence-electron chi connectivity index (χ1n) is 12.7. The Morgan fingerprint density at radius 1 is 1.22 bits per heavy atom. The number of benzene rings is 1. The molecular formula is C24H32N8O3S.